The summed E-state index contributed by atoms with van der Waals surface area (Å²) in [7, 11) is 0. The molecule has 0 aliphatic heterocycles. The molecule has 1 aliphatic carbocycles. The van der Waals surface area contributed by atoms with Crippen LogP contribution in [0, 0.1) is 0 Å². The standard InChI is InChI=1S/C10H11N/c1-3-9-7-5-6-8-10(9)11-4-2/h3-8H,2H2,1H3/b9-3-,11-10-. The third-order valence-electron chi connectivity index (χ3n) is 1.48. The minimum absolute atomic E-state index is 0.977. The zero-order valence-corrected chi connectivity index (χ0v) is 6.62. The highest BCUT2D eigenvalue weighted by atomic mass is 14.7. The van der Waals surface area contributed by atoms with Gasteiger partial charge < -0.3 is 0 Å². The molecule has 0 atom stereocenters. The Balaban J connectivity index is 2.97. The first-order valence-corrected chi connectivity index (χ1v) is 3.58. The first-order valence-electron chi connectivity index (χ1n) is 3.58. The lowest BCUT2D eigenvalue weighted by Crippen LogP contribution is -1.98. The van der Waals surface area contributed by atoms with Crippen molar-refractivity contribution in [1.82, 2.24) is 0 Å². The molecule has 1 nitrogen and oxygen atoms in total. The summed E-state index contributed by atoms with van der Waals surface area (Å²) in [5, 5.41) is 0. The minimum Gasteiger partial charge on any atom is -0.257 e. The zero-order valence-electron chi connectivity index (χ0n) is 6.62. The molecule has 0 amide bonds. The van der Waals surface area contributed by atoms with Gasteiger partial charge in [-0.25, -0.2) is 0 Å². The quantitative estimate of drug-likeness (QED) is 0.538. The summed E-state index contributed by atoms with van der Waals surface area (Å²) < 4.78 is 0. The molecule has 56 valence electrons. The van der Waals surface area contributed by atoms with E-state index in [-0.39, 0.29) is 0 Å². The van der Waals surface area contributed by atoms with Gasteiger partial charge in [0.05, 0.1) is 5.71 Å². The molecule has 0 spiro atoms. The van der Waals surface area contributed by atoms with Gasteiger partial charge in [-0.2, -0.15) is 0 Å². The van der Waals surface area contributed by atoms with Crippen molar-refractivity contribution in [3.8, 4) is 0 Å². The Morgan fingerprint density at radius 3 is 2.73 bits per heavy atom. The van der Waals surface area contributed by atoms with Gasteiger partial charge >= 0.3 is 0 Å². The van der Waals surface area contributed by atoms with Crippen LogP contribution in [0.15, 0.2) is 53.7 Å². The Kier molecular flexibility index (Phi) is 2.61. The monoisotopic (exact) mass is 145 g/mol. The van der Waals surface area contributed by atoms with Gasteiger partial charge in [0.2, 0.25) is 0 Å². The number of nitrogens with zero attached hydrogens (tertiary/aromatic N) is 1. The van der Waals surface area contributed by atoms with Gasteiger partial charge in [0, 0.05) is 6.20 Å². The molecular formula is C10H11N. The molecule has 0 aromatic carbocycles. The fraction of sp³-hybridized carbons (Fsp3) is 0.100. The lowest BCUT2D eigenvalue weighted by Gasteiger charge is -2.03. The summed E-state index contributed by atoms with van der Waals surface area (Å²) in [5.74, 6) is 0. The Bertz CT molecular complexity index is 265. The fourth-order valence-electron chi connectivity index (χ4n) is 0.948. The van der Waals surface area contributed by atoms with Gasteiger partial charge in [-0.1, -0.05) is 30.9 Å². The van der Waals surface area contributed by atoms with Crippen LogP contribution in [0.25, 0.3) is 0 Å². The molecule has 11 heavy (non-hydrogen) atoms. The van der Waals surface area contributed by atoms with Gasteiger partial charge in [0.25, 0.3) is 0 Å². The lowest BCUT2D eigenvalue weighted by atomic mass is 10.1. The van der Waals surface area contributed by atoms with Crippen LogP contribution in [0.2, 0.25) is 0 Å². The number of hydrogen-bond donors (Lipinski definition) is 0. The molecule has 0 fully saturated rings. The second-order valence-corrected chi connectivity index (χ2v) is 2.16. The van der Waals surface area contributed by atoms with Crippen LogP contribution >= 0.6 is 0 Å². The van der Waals surface area contributed by atoms with Crippen molar-refractivity contribution < 1.29 is 0 Å². The van der Waals surface area contributed by atoms with E-state index in [2.05, 4.69) is 11.6 Å². The number of aliphatic imine (C=N–C) groups is 1. The third-order valence-corrected chi connectivity index (χ3v) is 1.48. The van der Waals surface area contributed by atoms with E-state index in [4.69, 9.17) is 0 Å². The average Bonchev–Trinajstić information content (AvgIpc) is 2.06. The van der Waals surface area contributed by atoms with Gasteiger partial charge in [0.1, 0.15) is 0 Å². The topological polar surface area (TPSA) is 12.4 Å². The summed E-state index contributed by atoms with van der Waals surface area (Å²) in [5.41, 5.74) is 2.12. The van der Waals surface area contributed by atoms with E-state index < -0.39 is 0 Å². The predicted octanol–water partition coefficient (Wildman–Crippen LogP) is 2.64. The lowest BCUT2D eigenvalue weighted by molar-refractivity contribution is 1.53. The van der Waals surface area contributed by atoms with Crippen LogP contribution in [0.3, 0.4) is 0 Å². The molecule has 0 aromatic heterocycles. The van der Waals surface area contributed by atoms with E-state index >= 15 is 0 Å². The summed E-state index contributed by atoms with van der Waals surface area (Å²) in [6.07, 6.45) is 11.6. The van der Waals surface area contributed by atoms with Crippen molar-refractivity contribution in [3.63, 3.8) is 0 Å². The number of rotatable bonds is 1. The van der Waals surface area contributed by atoms with E-state index in [1.165, 1.54) is 0 Å². The molecule has 0 saturated heterocycles. The Hall–Kier alpha value is -1.37. The van der Waals surface area contributed by atoms with E-state index in [1.807, 2.05) is 37.3 Å². The molecule has 0 heterocycles. The molecule has 0 saturated carbocycles. The summed E-state index contributed by atoms with van der Waals surface area (Å²) in [4.78, 5) is 4.11. The summed E-state index contributed by atoms with van der Waals surface area (Å²) >= 11 is 0. The van der Waals surface area contributed by atoms with Crippen molar-refractivity contribution in [2.75, 3.05) is 0 Å². The van der Waals surface area contributed by atoms with Crippen LogP contribution < -0.4 is 0 Å². The molecule has 0 radical (unpaired) electrons. The number of hydrogen-bond acceptors (Lipinski definition) is 1. The molecule has 0 N–H and O–H groups in total. The van der Waals surface area contributed by atoms with E-state index in [0.29, 0.717) is 0 Å². The van der Waals surface area contributed by atoms with E-state index in [9.17, 15) is 0 Å². The van der Waals surface area contributed by atoms with Crippen molar-refractivity contribution in [2.24, 2.45) is 4.99 Å². The molecule has 0 aromatic rings. The average molecular weight is 145 g/mol. The van der Waals surface area contributed by atoms with E-state index in [1.54, 1.807) is 6.20 Å². The Morgan fingerprint density at radius 2 is 2.09 bits per heavy atom. The van der Waals surface area contributed by atoms with Crippen molar-refractivity contribution in [2.45, 2.75) is 6.92 Å². The van der Waals surface area contributed by atoms with Crippen molar-refractivity contribution in [3.05, 3.63) is 48.7 Å². The second-order valence-electron chi connectivity index (χ2n) is 2.16. The highest BCUT2D eigenvalue weighted by Gasteiger charge is 1.99. The van der Waals surface area contributed by atoms with Crippen LogP contribution in [-0.2, 0) is 0 Å². The highest BCUT2D eigenvalue weighted by Crippen LogP contribution is 2.07. The maximum Gasteiger partial charge on any atom is 0.0698 e. The smallest absolute Gasteiger partial charge is 0.0698 e. The van der Waals surface area contributed by atoms with Gasteiger partial charge in [-0.3, -0.25) is 4.99 Å². The SMILES string of the molecule is C=C/N=C1/C=CC=C/C1=C/C. The maximum atomic E-state index is 4.11. The third kappa shape index (κ3) is 1.77. The fourth-order valence-corrected chi connectivity index (χ4v) is 0.948. The van der Waals surface area contributed by atoms with Gasteiger partial charge in [0.15, 0.2) is 0 Å². The molecule has 0 bridgehead atoms. The normalized spacial score (nSPS) is 23.0. The summed E-state index contributed by atoms with van der Waals surface area (Å²) in [6, 6.07) is 0. The van der Waals surface area contributed by atoms with Gasteiger partial charge in [-0.05, 0) is 18.6 Å². The molecular weight excluding hydrogens is 134 g/mol. The highest BCUT2D eigenvalue weighted by molar-refractivity contribution is 6.11. The van der Waals surface area contributed by atoms with Crippen molar-refractivity contribution >= 4 is 5.71 Å². The number of allylic oxidation sites excluding steroid dienone is 6. The van der Waals surface area contributed by atoms with Crippen LogP contribution in [0.1, 0.15) is 6.92 Å². The zero-order chi connectivity index (χ0) is 8.10. The Labute approximate surface area is 67.2 Å². The minimum atomic E-state index is 0.977. The predicted molar refractivity (Wildman–Crippen MR) is 49.7 cm³/mol. The molecule has 1 rings (SSSR count). The first kappa shape index (κ1) is 7.73. The van der Waals surface area contributed by atoms with Crippen molar-refractivity contribution in [1.29, 1.82) is 0 Å². The molecule has 1 aliphatic rings. The maximum absolute atomic E-state index is 4.11. The molecule has 0 unspecified atom stereocenters. The second kappa shape index (κ2) is 3.71. The van der Waals surface area contributed by atoms with E-state index in [0.717, 1.165) is 11.3 Å². The Morgan fingerprint density at radius 1 is 1.36 bits per heavy atom. The van der Waals surface area contributed by atoms with Gasteiger partial charge in [-0.15, -0.1) is 0 Å². The summed E-state index contributed by atoms with van der Waals surface area (Å²) in [6.45, 7) is 5.55. The molecule has 1 heteroatoms. The van der Waals surface area contributed by atoms with Crippen LogP contribution in [-0.4, -0.2) is 5.71 Å². The van der Waals surface area contributed by atoms with Crippen LogP contribution in [0.5, 0.6) is 0 Å². The largest absolute Gasteiger partial charge is 0.257 e. The first-order chi connectivity index (χ1) is 5.38. The van der Waals surface area contributed by atoms with Crippen LogP contribution in [0.4, 0.5) is 0 Å².